The van der Waals surface area contributed by atoms with Gasteiger partial charge in [-0.15, -0.1) is 0 Å². The summed E-state index contributed by atoms with van der Waals surface area (Å²) in [4.78, 5) is 3.84. The molecule has 0 unspecified atom stereocenters. The van der Waals surface area contributed by atoms with Gasteiger partial charge in [-0.25, -0.2) is 13.4 Å². The third kappa shape index (κ3) is 3.96. The molecule has 1 aliphatic carbocycles. The van der Waals surface area contributed by atoms with Crippen molar-refractivity contribution in [1.82, 2.24) is 14.3 Å². The summed E-state index contributed by atoms with van der Waals surface area (Å²) in [5.74, 6) is 0. The molecule has 3 aromatic rings. The zero-order chi connectivity index (χ0) is 23.3. The number of alkyl halides is 3. The van der Waals surface area contributed by atoms with Gasteiger partial charge in [0.05, 0.1) is 27.9 Å². The topological polar surface area (TPSA) is 87.8 Å². The number of aromatic nitrogens is 2. The summed E-state index contributed by atoms with van der Waals surface area (Å²) in [6, 6.07) is 7.22. The lowest BCUT2D eigenvalue weighted by Gasteiger charge is -2.30. The van der Waals surface area contributed by atoms with Crippen LogP contribution in [0.2, 0.25) is 5.15 Å². The van der Waals surface area contributed by atoms with Gasteiger partial charge in [0.25, 0.3) is 0 Å². The third-order valence-corrected chi connectivity index (χ3v) is 7.43. The van der Waals surface area contributed by atoms with Gasteiger partial charge in [-0.3, -0.25) is 0 Å². The molecule has 1 N–H and O–H groups in total. The first-order valence-corrected chi connectivity index (χ1v) is 11.7. The van der Waals surface area contributed by atoms with Crippen molar-refractivity contribution in [1.29, 1.82) is 5.26 Å². The minimum absolute atomic E-state index is 0.162. The van der Waals surface area contributed by atoms with E-state index in [0.717, 1.165) is 31.7 Å². The number of hydrogen-bond acceptors (Lipinski definition) is 4. The van der Waals surface area contributed by atoms with E-state index in [0.29, 0.717) is 22.2 Å². The van der Waals surface area contributed by atoms with Crippen molar-refractivity contribution in [2.45, 2.75) is 49.3 Å². The fourth-order valence-corrected chi connectivity index (χ4v) is 5.15. The van der Waals surface area contributed by atoms with Crippen molar-refractivity contribution in [2.75, 3.05) is 0 Å². The first-order chi connectivity index (χ1) is 15.0. The van der Waals surface area contributed by atoms with Crippen LogP contribution < -0.4 is 4.72 Å². The molecule has 6 nitrogen and oxygen atoms in total. The second-order valence-electron chi connectivity index (χ2n) is 7.72. The molecule has 0 aliphatic heterocycles. The quantitative estimate of drug-likeness (QED) is 0.507. The normalized spacial score (nSPS) is 16.0. The molecule has 0 saturated heterocycles. The molecule has 1 saturated carbocycles. The molecule has 2 heterocycles. The van der Waals surface area contributed by atoms with Gasteiger partial charge in [0.2, 0.25) is 10.0 Å². The van der Waals surface area contributed by atoms with E-state index in [1.165, 1.54) is 24.3 Å². The summed E-state index contributed by atoms with van der Waals surface area (Å²) in [5, 5.41) is 10.8. The predicted octanol–water partition coefficient (Wildman–Crippen LogP) is 5.18. The molecule has 168 valence electrons. The summed E-state index contributed by atoms with van der Waals surface area (Å²) in [6.07, 6.45) is -0.186. The van der Waals surface area contributed by atoms with Crippen molar-refractivity contribution in [3.8, 4) is 17.3 Å². The maximum absolute atomic E-state index is 12.8. The van der Waals surface area contributed by atoms with Crippen molar-refractivity contribution < 1.29 is 21.6 Å². The SMILES string of the molecule is C[C@@H](NS(=O)(=O)c1ccc(-c2c(C#N)c3cc(Cl)ncc3n2C2CCC2)cc1)C(F)(F)F. The molecule has 0 spiro atoms. The molecule has 0 bridgehead atoms. The molecule has 1 aromatic carbocycles. The van der Waals surface area contributed by atoms with Crippen LogP contribution in [0.25, 0.3) is 22.2 Å². The van der Waals surface area contributed by atoms with Gasteiger partial charge < -0.3 is 4.57 Å². The average Bonchev–Trinajstić information content (AvgIpc) is 2.99. The number of pyridine rings is 1. The number of nitrogens with one attached hydrogen (secondary N) is 1. The monoisotopic (exact) mass is 482 g/mol. The summed E-state index contributed by atoms with van der Waals surface area (Å²) >= 11 is 6.04. The van der Waals surface area contributed by atoms with Crippen LogP contribution in [-0.2, 0) is 10.0 Å². The van der Waals surface area contributed by atoms with Gasteiger partial charge >= 0.3 is 6.18 Å². The summed E-state index contributed by atoms with van der Waals surface area (Å²) in [7, 11) is -4.38. The molecule has 4 rings (SSSR count). The van der Waals surface area contributed by atoms with Gasteiger partial charge in [-0.1, -0.05) is 23.7 Å². The largest absolute Gasteiger partial charge is 0.404 e. The Labute approximate surface area is 187 Å². The van der Waals surface area contributed by atoms with Crippen molar-refractivity contribution in [2.24, 2.45) is 0 Å². The van der Waals surface area contributed by atoms with Crippen LogP contribution >= 0.6 is 11.6 Å². The smallest absolute Gasteiger partial charge is 0.335 e. The Morgan fingerprint density at radius 2 is 1.94 bits per heavy atom. The van der Waals surface area contributed by atoms with Gasteiger partial charge in [-0.2, -0.15) is 23.2 Å². The van der Waals surface area contributed by atoms with Crippen LogP contribution in [0, 0.1) is 11.3 Å². The first kappa shape index (κ1) is 22.6. The van der Waals surface area contributed by atoms with E-state index in [9.17, 15) is 26.9 Å². The maximum Gasteiger partial charge on any atom is 0.404 e. The highest BCUT2D eigenvalue weighted by atomic mass is 35.5. The number of nitrogens with zero attached hydrogens (tertiary/aromatic N) is 3. The van der Waals surface area contributed by atoms with E-state index in [1.54, 1.807) is 17.0 Å². The van der Waals surface area contributed by atoms with Crippen LogP contribution in [0.15, 0.2) is 41.4 Å². The molecule has 32 heavy (non-hydrogen) atoms. The molecule has 11 heteroatoms. The summed E-state index contributed by atoms with van der Waals surface area (Å²) in [6.45, 7) is 0.737. The van der Waals surface area contributed by atoms with Crippen LogP contribution in [0.5, 0.6) is 0 Å². The molecule has 2 aromatic heterocycles. The molecule has 0 amide bonds. The highest BCUT2D eigenvalue weighted by molar-refractivity contribution is 7.89. The van der Waals surface area contributed by atoms with Gasteiger partial charge in [0.1, 0.15) is 17.3 Å². The fourth-order valence-electron chi connectivity index (χ4n) is 3.76. The van der Waals surface area contributed by atoms with Crippen molar-refractivity contribution >= 4 is 32.5 Å². The summed E-state index contributed by atoms with van der Waals surface area (Å²) < 4.78 is 66.7. The molecule has 0 radical (unpaired) electrons. The predicted molar refractivity (Wildman–Crippen MR) is 114 cm³/mol. The Morgan fingerprint density at radius 1 is 1.28 bits per heavy atom. The van der Waals surface area contributed by atoms with Crippen molar-refractivity contribution in [3.05, 3.63) is 47.2 Å². The Hall–Kier alpha value is -2.61. The van der Waals surface area contributed by atoms with Gasteiger partial charge in [-0.05, 0) is 49.9 Å². The van der Waals surface area contributed by atoms with E-state index in [1.807, 2.05) is 4.57 Å². The first-order valence-electron chi connectivity index (χ1n) is 9.82. The summed E-state index contributed by atoms with van der Waals surface area (Å²) in [5.41, 5.74) is 2.32. The highest BCUT2D eigenvalue weighted by Gasteiger charge is 2.39. The van der Waals surface area contributed by atoms with Gasteiger partial charge in [0, 0.05) is 11.4 Å². The third-order valence-electron chi connectivity index (χ3n) is 5.67. The minimum Gasteiger partial charge on any atom is -0.335 e. The van der Waals surface area contributed by atoms with Crippen LogP contribution in [0.1, 0.15) is 37.8 Å². The lowest BCUT2D eigenvalue weighted by Crippen LogP contribution is -2.42. The Bertz CT molecular complexity index is 1320. The number of fused-ring (bicyclic) bond motifs is 1. The zero-order valence-corrected chi connectivity index (χ0v) is 18.4. The number of halogens is 4. The van der Waals surface area contributed by atoms with Crippen molar-refractivity contribution in [3.63, 3.8) is 0 Å². The standard InChI is InChI=1S/C21H18ClF3N4O2S/c1-12(21(23,24)25)28-32(30,31)15-7-5-13(6-8-15)20-17(10-26)16-9-19(22)27-11-18(16)29(20)14-3-2-4-14/h5-9,11-12,14,28H,2-4H2,1H3/t12-/m1/s1. The number of hydrogen-bond donors (Lipinski definition) is 1. The van der Waals surface area contributed by atoms with Crippen LogP contribution in [-0.4, -0.2) is 30.2 Å². The fraction of sp³-hybridized carbons (Fsp3) is 0.333. The van der Waals surface area contributed by atoms with E-state index in [2.05, 4.69) is 11.1 Å². The van der Waals surface area contributed by atoms with Crippen LogP contribution in [0.4, 0.5) is 13.2 Å². The lowest BCUT2D eigenvalue weighted by atomic mass is 9.92. The van der Waals surface area contributed by atoms with E-state index in [4.69, 9.17) is 11.6 Å². The van der Waals surface area contributed by atoms with E-state index in [-0.39, 0.29) is 16.1 Å². The second-order valence-corrected chi connectivity index (χ2v) is 9.82. The Balaban J connectivity index is 1.80. The number of nitriles is 1. The van der Waals surface area contributed by atoms with E-state index >= 15 is 0 Å². The Kier molecular flexibility index (Phi) is 5.69. The van der Waals surface area contributed by atoms with E-state index < -0.39 is 22.2 Å². The molecule has 1 atom stereocenters. The van der Waals surface area contributed by atoms with Gasteiger partial charge in [0.15, 0.2) is 0 Å². The zero-order valence-electron chi connectivity index (χ0n) is 16.8. The molecule has 1 aliphatic rings. The Morgan fingerprint density at radius 3 is 2.47 bits per heavy atom. The number of rotatable bonds is 5. The maximum atomic E-state index is 12.8. The second kappa shape index (κ2) is 8.06. The minimum atomic E-state index is -4.70. The average molecular weight is 483 g/mol. The van der Waals surface area contributed by atoms with Crippen LogP contribution in [0.3, 0.4) is 0 Å². The lowest BCUT2D eigenvalue weighted by molar-refractivity contribution is -0.147. The number of benzene rings is 1. The molecular formula is C21H18ClF3N4O2S. The highest BCUT2D eigenvalue weighted by Crippen LogP contribution is 2.42. The number of sulfonamides is 1. The molecular weight excluding hydrogens is 465 g/mol. The molecule has 1 fully saturated rings.